The molecule has 0 bridgehead atoms. The maximum Gasteiger partial charge on any atom is 0.215 e. The zero-order valence-electron chi connectivity index (χ0n) is 16.4. The fourth-order valence-electron chi connectivity index (χ4n) is 3.67. The Kier molecular flexibility index (Phi) is 5.81. The summed E-state index contributed by atoms with van der Waals surface area (Å²) in [5.74, 6) is 0.869. The molecule has 2 aromatic heterocycles. The topological polar surface area (TPSA) is 75.3 Å². The van der Waals surface area contributed by atoms with Crippen molar-refractivity contribution < 1.29 is 4.79 Å². The van der Waals surface area contributed by atoms with Crippen LogP contribution in [0.5, 0.6) is 0 Å². The largest absolute Gasteiger partial charge is 0.383 e. The molecule has 0 saturated carbocycles. The SMILES string of the molecule is Nc1ncccc1C(=O)c1cccc(N2CCCN(Cc3ccccc3)CC2)n1. The van der Waals surface area contributed by atoms with E-state index >= 15 is 0 Å². The summed E-state index contributed by atoms with van der Waals surface area (Å²) in [7, 11) is 0. The smallest absolute Gasteiger partial charge is 0.215 e. The quantitative estimate of drug-likeness (QED) is 0.679. The molecule has 6 heteroatoms. The van der Waals surface area contributed by atoms with E-state index in [-0.39, 0.29) is 11.6 Å². The summed E-state index contributed by atoms with van der Waals surface area (Å²) in [6.07, 6.45) is 2.64. The van der Waals surface area contributed by atoms with Crippen molar-refractivity contribution in [2.75, 3.05) is 36.8 Å². The zero-order chi connectivity index (χ0) is 20.1. The van der Waals surface area contributed by atoms with Crippen molar-refractivity contribution in [1.29, 1.82) is 0 Å². The first-order valence-corrected chi connectivity index (χ1v) is 9.94. The summed E-state index contributed by atoms with van der Waals surface area (Å²) in [6.45, 7) is 4.78. The van der Waals surface area contributed by atoms with E-state index in [0.717, 1.165) is 45.0 Å². The lowest BCUT2D eigenvalue weighted by molar-refractivity contribution is 0.103. The van der Waals surface area contributed by atoms with Gasteiger partial charge < -0.3 is 10.6 Å². The van der Waals surface area contributed by atoms with Gasteiger partial charge in [0.1, 0.15) is 17.3 Å². The normalized spacial score (nSPS) is 15.1. The number of nitrogen functional groups attached to an aromatic ring is 1. The number of pyridine rings is 2. The lowest BCUT2D eigenvalue weighted by Gasteiger charge is -2.23. The number of nitrogens with zero attached hydrogens (tertiary/aromatic N) is 4. The van der Waals surface area contributed by atoms with Crippen LogP contribution in [-0.4, -0.2) is 46.8 Å². The van der Waals surface area contributed by atoms with Crippen LogP contribution in [0.2, 0.25) is 0 Å². The van der Waals surface area contributed by atoms with Gasteiger partial charge in [0.25, 0.3) is 0 Å². The second-order valence-electron chi connectivity index (χ2n) is 7.25. The van der Waals surface area contributed by atoms with Crippen LogP contribution in [0.3, 0.4) is 0 Å². The summed E-state index contributed by atoms with van der Waals surface area (Å²) in [6, 6.07) is 19.5. The molecule has 0 spiro atoms. The number of carbonyl (C=O) groups excluding carboxylic acids is 1. The second kappa shape index (κ2) is 8.84. The highest BCUT2D eigenvalue weighted by atomic mass is 16.1. The van der Waals surface area contributed by atoms with Crippen LogP contribution in [-0.2, 0) is 6.54 Å². The van der Waals surface area contributed by atoms with Gasteiger partial charge in [-0.15, -0.1) is 0 Å². The third-order valence-corrected chi connectivity index (χ3v) is 5.21. The molecule has 6 nitrogen and oxygen atoms in total. The van der Waals surface area contributed by atoms with Gasteiger partial charge in [-0.2, -0.15) is 0 Å². The molecule has 1 aliphatic rings. The van der Waals surface area contributed by atoms with Crippen LogP contribution in [0.25, 0.3) is 0 Å². The first-order chi connectivity index (χ1) is 14.2. The highest BCUT2D eigenvalue weighted by Gasteiger charge is 2.19. The van der Waals surface area contributed by atoms with E-state index in [0.29, 0.717) is 11.3 Å². The molecular weight excluding hydrogens is 362 g/mol. The van der Waals surface area contributed by atoms with Crippen molar-refractivity contribution in [2.45, 2.75) is 13.0 Å². The predicted octanol–water partition coefficient (Wildman–Crippen LogP) is 3.00. The van der Waals surface area contributed by atoms with E-state index in [1.54, 1.807) is 24.4 Å². The van der Waals surface area contributed by atoms with E-state index in [1.165, 1.54) is 5.56 Å². The number of aromatic nitrogens is 2. The second-order valence-corrected chi connectivity index (χ2v) is 7.25. The molecule has 3 heterocycles. The average Bonchev–Trinajstić information content (AvgIpc) is 3.00. The highest BCUT2D eigenvalue weighted by Crippen LogP contribution is 2.18. The van der Waals surface area contributed by atoms with Crippen molar-refractivity contribution in [3.8, 4) is 0 Å². The summed E-state index contributed by atoms with van der Waals surface area (Å²) in [5, 5.41) is 0. The van der Waals surface area contributed by atoms with E-state index in [2.05, 4.69) is 44.0 Å². The number of hydrogen-bond acceptors (Lipinski definition) is 6. The molecule has 148 valence electrons. The van der Waals surface area contributed by atoms with Crippen LogP contribution in [0, 0.1) is 0 Å². The summed E-state index contributed by atoms with van der Waals surface area (Å²) >= 11 is 0. The van der Waals surface area contributed by atoms with Crippen LogP contribution in [0.4, 0.5) is 11.6 Å². The molecule has 0 atom stereocenters. The first-order valence-electron chi connectivity index (χ1n) is 9.94. The lowest BCUT2D eigenvalue weighted by atomic mass is 10.1. The molecular formula is C23H25N5O. The molecule has 1 saturated heterocycles. The molecule has 0 radical (unpaired) electrons. The Bertz CT molecular complexity index is 976. The number of rotatable bonds is 5. The van der Waals surface area contributed by atoms with E-state index in [1.807, 2.05) is 18.2 Å². The minimum atomic E-state index is -0.196. The molecule has 0 unspecified atom stereocenters. The van der Waals surface area contributed by atoms with Gasteiger partial charge in [0.15, 0.2) is 0 Å². The molecule has 0 amide bonds. The Morgan fingerprint density at radius 2 is 1.79 bits per heavy atom. The minimum absolute atomic E-state index is 0.196. The molecule has 1 aromatic carbocycles. The first kappa shape index (κ1) is 19.1. The molecule has 0 aliphatic carbocycles. The molecule has 29 heavy (non-hydrogen) atoms. The summed E-state index contributed by atoms with van der Waals surface area (Å²) in [5.41, 5.74) is 7.98. The Labute approximate surface area is 171 Å². The molecule has 4 rings (SSSR count). The number of nitrogens with two attached hydrogens (primary N) is 1. The van der Waals surface area contributed by atoms with Crippen LogP contribution >= 0.6 is 0 Å². The Hall–Kier alpha value is -3.25. The van der Waals surface area contributed by atoms with Gasteiger partial charge in [0, 0.05) is 38.9 Å². The maximum absolute atomic E-state index is 12.8. The Morgan fingerprint density at radius 1 is 0.931 bits per heavy atom. The monoisotopic (exact) mass is 387 g/mol. The fourth-order valence-corrected chi connectivity index (χ4v) is 3.67. The highest BCUT2D eigenvalue weighted by molar-refractivity contribution is 6.10. The third-order valence-electron chi connectivity index (χ3n) is 5.21. The van der Waals surface area contributed by atoms with Gasteiger partial charge >= 0.3 is 0 Å². The van der Waals surface area contributed by atoms with Crippen molar-refractivity contribution in [3.05, 3.63) is 83.7 Å². The molecule has 1 fully saturated rings. The number of anilines is 2. The van der Waals surface area contributed by atoms with Crippen molar-refractivity contribution >= 4 is 17.4 Å². The standard InChI is InChI=1S/C23H25N5O/c24-23-19(9-5-12-25-23)22(29)20-10-4-11-21(26-20)28-14-6-13-27(15-16-28)17-18-7-2-1-3-8-18/h1-5,7-12H,6,13-17H2,(H2,24,25). The number of carbonyl (C=O) groups is 1. The Balaban J connectivity index is 1.46. The van der Waals surface area contributed by atoms with Crippen LogP contribution in [0.15, 0.2) is 66.9 Å². The Morgan fingerprint density at radius 3 is 2.62 bits per heavy atom. The molecule has 3 aromatic rings. The van der Waals surface area contributed by atoms with Crippen molar-refractivity contribution in [2.24, 2.45) is 0 Å². The van der Waals surface area contributed by atoms with Crippen LogP contribution < -0.4 is 10.6 Å². The summed E-state index contributed by atoms with van der Waals surface area (Å²) < 4.78 is 0. The van der Waals surface area contributed by atoms with Gasteiger partial charge in [0.05, 0.1) is 5.56 Å². The number of ketones is 1. The number of hydrogen-bond donors (Lipinski definition) is 1. The van der Waals surface area contributed by atoms with Gasteiger partial charge in [-0.1, -0.05) is 36.4 Å². The maximum atomic E-state index is 12.8. The van der Waals surface area contributed by atoms with E-state index < -0.39 is 0 Å². The van der Waals surface area contributed by atoms with Crippen molar-refractivity contribution in [1.82, 2.24) is 14.9 Å². The molecule has 2 N–H and O–H groups in total. The predicted molar refractivity (Wildman–Crippen MR) is 115 cm³/mol. The van der Waals surface area contributed by atoms with E-state index in [9.17, 15) is 4.79 Å². The van der Waals surface area contributed by atoms with Gasteiger partial charge in [-0.25, -0.2) is 9.97 Å². The summed E-state index contributed by atoms with van der Waals surface area (Å²) in [4.78, 5) is 26.2. The minimum Gasteiger partial charge on any atom is -0.383 e. The van der Waals surface area contributed by atoms with E-state index in [4.69, 9.17) is 5.73 Å². The van der Waals surface area contributed by atoms with Crippen molar-refractivity contribution in [3.63, 3.8) is 0 Å². The number of benzene rings is 1. The lowest BCUT2D eigenvalue weighted by Crippen LogP contribution is -2.31. The zero-order valence-corrected chi connectivity index (χ0v) is 16.4. The van der Waals surface area contributed by atoms with Crippen LogP contribution in [0.1, 0.15) is 28.0 Å². The van der Waals surface area contributed by atoms with Gasteiger partial charge in [-0.3, -0.25) is 9.69 Å². The van der Waals surface area contributed by atoms with Gasteiger partial charge in [-0.05, 0) is 36.2 Å². The third kappa shape index (κ3) is 4.60. The van der Waals surface area contributed by atoms with Gasteiger partial charge in [0.2, 0.25) is 5.78 Å². The average molecular weight is 387 g/mol. The fraction of sp³-hybridized carbons (Fsp3) is 0.261. The molecule has 1 aliphatic heterocycles.